The van der Waals surface area contributed by atoms with Gasteiger partial charge in [-0.2, -0.15) is 0 Å². The van der Waals surface area contributed by atoms with Crippen LogP contribution in [-0.2, 0) is 4.74 Å². The fourth-order valence-electron chi connectivity index (χ4n) is 1.57. The molecule has 0 amide bonds. The highest BCUT2D eigenvalue weighted by Crippen LogP contribution is 2.23. The number of hydrogen-bond acceptors (Lipinski definition) is 3. The Hall–Kier alpha value is -0.220. The number of rotatable bonds is 5. The molecule has 1 rings (SSSR count). The van der Waals surface area contributed by atoms with E-state index in [9.17, 15) is 0 Å². The molecule has 0 spiro atoms. The molecule has 1 fully saturated rings. The van der Waals surface area contributed by atoms with Gasteiger partial charge in [-0.25, -0.2) is 0 Å². The van der Waals surface area contributed by atoms with Crippen molar-refractivity contribution in [2.45, 2.75) is 40.2 Å². The Morgan fingerprint density at radius 3 is 2.76 bits per heavy atom. The maximum absolute atomic E-state index is 5.13. The second-order valence-electron chi connectivity index (χ2n) is 5.75. The summed E-state index contributed by atoms with van der Waals surface area (Å²) in [6, 6.07) is 0.539. The monoisotopic (exact) mass is 258 g/mol. The molecule has 1 heterocycles. The third-order valence-electron chi connectivity index (χ3n) is 3.32. The van der Waals surface area contributed by atoms with Gasteiger partial charge in [-0.1, -0.05) is 32.5 Å². The van der Waals surface area contributed by atoms with Crippen LogP contribution in [0.15, 0.2) is 4.99 Å². The zero-order valence-electron chi connectivity index (χ0n) is 11.7. The second kappa shape index (κ2) is 6.64. The minimum Gasteiger partial charge on any atom is -0.385 e. The van der Waals surface area contributed by atoms with Crippen LogP contribution >= 0.6 is 11.8 Å². The summed E-state index contributed by atoms with van der Waals surface area (Å²) in [4.78, 5) is 4.71. The summed E-state index contributed by atoms with van der Waals surface area (Å²) in [6.07, 6.45) is 1.05. The molecule has 1 aliphatic heterocycles. The summed E-state index contributed by atoms with van der Waals surface area (Å²) in [7, 11) is 1.75. The number of nitrogens with one attached hydrogen (secondary N) is 1. The predicted molar refractivity (Wildman–Crippen MR) is 76.8 cm³/mol. The molecule has 0 aromatic carbocycles. The van der Waals surface area contributed by atoms with Crippen LogP contribution in [0.4, 0.5) is 0 Å². The van der Waals surface area contributed by atoms with Crippen molar-refractivity contribution in [3.05, 3.63) is 0 Å². The first-order valence-electron chi connectivity index (χ1n) is 6.37. The molecule has 100 valence electrons. The van der Waals surface area contributed by atoms with Crippen LogP contribution in [0, 0.1) is 11.3 Å². The van der Waals surface area contributed by atoms with E-state index >= 15 is 0 Å². The molecule has 0 saturated carbocycles. The zero-order chi connectivity index (χ0) is 12.9. The summed E-state index contributed by atoms with van der Waals surface area (Å²) < 4.78 is 5.13. The van der Waals surface area contributed by atoms with Crippen molar-refractivity contribution in [1.29, 1.82) is 0 Å². The van der Waals surface area contributed by atoms with Crippen molar-refractivity contribution in [3.8, 4) is 0 Å². The van der Waals surface area contributed by atoms with Gasteiger partial charge in [-0.05, 0) is 24.7 Å². The molecule has 1 aliphatic rings. The van der Waals surface area contributed by atoms with Crippen LogP contribution in [-0.4, -0.2) is 37.2 Å². The fraction of sp³-hybridized carbons (Fsp3) is 0.923. The lowest BCUT2D eigenvalue weighted by molar-refractivity contribution is 0.155. The summed E-state index contributed by atoms with van der Waals surface area (Å²) in [6.45, 7) is 10.7. The molecule has 1 saturated heterocycles. The quantitative estimate of drug-likeness (QED) is 0.823. The van der Waals surface area contributed by atoms with Crippen molar-refractivity contribution >= 4 is 16.9 Å². The molecule has 0 bridgehead atoms. The van der Waals surface area contributed by atoms with Crippen LogP contribution in [0.3, 0.4) is 0 Å². The van der Waals surface area contributed by atoms with E-state index in [-0.39, 0.29) is 5.41 Å². The lowest BCUT2D eigenvalue weighted by Gasteiger charge is -2.29. The van der Waals surface area contributed by atoms with Crippen molar-refractivity contribution in [3.63, 3.8) is 0 Å². The number of amidine groups is 1. The third kappa shape index (κ3) is 5.30. The van der Waals surface area contributed by atoms with E-state index in [1.807, 2.05) is 11.8 Å². The first-order valence-corrected chi connectivity index (χ1v) is 7.36. The minimum absolute atomic E-state index is 0.220. The van der Waals surface area contributed by atoms with Crippen molar-refractivity contribution in [2.24, 2.45) is 16.3 Å². The van der Waals surface area contributed by atoms with Gasteiger partial charge in [0.1, 0.15) is 0 Å². The van der Waals surface area contributed by atoms with Crippen LogP contribution < -0.4 is 5.32 Å². The standard InChI is InChI=1S/C13H26N2OS/c1-10-8-17-12(15-11(10)2)14-9-13(3,4)6-7-16-5/h10-11H,6-9H2,1-5H3,(H,14,15). The Morgan fingerprint density at radius 1 is 1.47 bits per heavy atom. The zero-order valence-corrected chi connectivity index (χ0v) is 12.6. The molecule has 4 heteroatoms. The molecule has 0 radical (unpaired) electrons. The average Bonchev–Trinajstić information content (AvgIpc) is 2.28. The molecule has 17 heavy (non-hydrogen) atoms. The lowest BCUT2D eigenvalue weighted by Crippen LogP contribution is -2.41. The van der Waals surface area contributed by atoms with Crippen LogP contribution in [0.2, 0.25) is 0 Å². The van der Waals surface area contributed by atoms with Gasteiger partial charge in [0.2, 0.25) is 0 Å². The summed E-state index contributed by atoms with van der Waals surface area (Å²) in [5, 5.41) is 4.59. The lowest BCUT2D eigenvalue weighted by atomic mass is 9.90. The molecular weight excluding hydrogens is 232 g/mol. The minimum atomic E-state index is 0.220. The van der Waals surface area contributed by atoms with Crippen LogP contribution in [0.1, 0.15) is 34.1 Å². The highest BCUT2D eigenvalue weighted by atomic mass is 32.2. The van der Waals surface area contributed by atoms with Gasteiger partial charge in [-0.3, -0.25) is 4.99 Å². The molecular formula is C13H26N2OS. The van der Waals surface area contributed by atoms with E-state index in [4.69, 9.17) is 9.73 Å². The molecule has 0 aromatic rings. The van der Waals surface area contributed by atoms with E-state index in [0.717, 1.165) is 30.7 Å². The van der Waals surface area contributed by atoms with Crippen LogP contribution in [0.25, 0.3) is 0 Å². The van der Waals surface area contributed by atoms with Gasteiger partial charge in [0.05, 0.1) is 0 Å². The molecule has 0 aliphatic carbocycles. The second-order valence-corrected chi connectivity index (χ2v) is 6.76. The predicted octanol–water partition coefficient (Wildman–Crippen LogP) is 2.77. The Balaban J connectivity index is 2.42. The van der Waals surface area contributed by atoms with Crippen molar-refractivity contribution < 1.29 is 4.74 Å². The van der Waals surface area contributed by atoms with Gasteiger partial charge >= 0.3 is 0 Å². The Morgan fingerprint density at radius 2 is 2.18 bits per heavy atom. The summed E-state index contributed by atoms with van der Waals surface area (Å²) in [5.74, 6) is 1.89. The maximum atomic E-state index is 5.13. The van der Waals surface area contributed by atoms with Crippen molar-refractivity contribution in [1.82, 2.24) is 5.32 Å². The molecule has 2 unspecified atom stereocenters. The number of thioether (sulfide) groups is 1. The molecule has 0 aromatic heterocycles. The van der Waals surface area contributed by atoms with Gasteiger partial charge in [0.25, 0.3) is 0 Å². The number of ether oxygens (including phenoxy) is 1. The maximum Gasteiger partial charge on any atom is 0.156 e. The molecule has 1 N–H and O–H groups in total. The molecule has 3 nitrogen and oxygen atoms in total. The number of aliphatic imine (C=N–C) groups is 1. The van der Waals surface area contributed by atoms with E-state index in [2.05, 4.69) is 33.0 Å². The van der Waals surface area contributed by atoms with E-state index in [1.165, 1.54) is 5.75 Å². The Kier molecular flexibility index (Phi) is 5.80. The van der Waals surface area contributed by atoms with E-state index in [1.54, 1.807) is 7.11 Å². The first-order chi connectivity index (χ1) is 7.94. The van der Waals surface area contributed by atoms with E-state index < -0.39 is 0 Å². The smallest absolute Gasteiger partial charge is 0.156 e. The average molecular weight is 258 g/mol. The highest BCUT2D eigenvalue weighted by molar-refractivity contribution is 8.13. The van der Waals surface area contributed by atoms with Gasteiger partial charge < -0.3 is 10.1 Å². The van der Waals surface area contributed by atoms with Gasteiger partial charge in [0, 0.05) is 32.1 Å². The topological polar surface area (TPSA) is 33.6 Å². The highest BCUT2D eigenvalue weighted by Gasteiger charge is 2.22. The summed E-state index contributed by atoms with van der Waals surface area (Å²) >= 11 is 1.85. The van der Waals surface area contributed by atoms with Gasteiger partial charge in [0.15, 0.2) is 5.17 Å². The van der Waals surface area contributed by atoms with E-state index in [0.29, 0.717) is 6.04 Å². The fourth-order valence-corrected chi connectivity index (χ4v) is 2.70. The largest absolute Gasteiger partial charge is 0.385 e. The first kappa shape index (κ1) is 14.8. The third-order valence-corrected chi connectivity index (χ3v) is 4.53. The SMILES string of the molecule is COCCC(C)(C)CN=C1NC(C)C(C)CS1. The Bertz CT molecular complexity index is 266. The van der Waals surface area contributed by atoms with Crippen molar-refractivity contribution in [2.75, 3.05) is 26.0 Å². The Labute approximate surface area is 110 Å². The number of nitrogens with zero attached hydrogens (tertiary/aromatic N) is 1. The van der Waals surface area contributed by atoms with Gasteiger partial charge in [-0.15, -0.1) is 0 Å². The number of methoxy groups -OCH3 is 1. The normalized spacial score (nSPS) is 28.2. The van der Waals surface area contributed by atoms with Crippen LogP contribution in [0.5, 0.6) is 0 Å². The summed E-state index contributed by atoms with van der Waals surface area (Å²) in [5.41, 5.74) is 0.220. The molecule has 2 atom stereocenters. The number of hydrogen-bond donors (Lipinski definition) is 1.